The Morgan fingerprint density at radius 1 is 1.30 bits per heavy atom. The molecule has 0 saturated carbocycles. The number of ketones is 1. The molecule has 0 amide bonds. The van der Waals surface area contributed by atoms with Crippen LogP contribution in [0.25, 0.3) is 0 Å². The Kier molecular flexibility index (Phi) is 3.52. The number of benzene rings is 1. The summed E-state index contributed by atoms with van der Waals surface area (Å²) in [5, 5.41) is 23.8. The number of Topliss-reactive ketones (excluding diaryl/α,β-unsaturated/α-hetero) is 1. The van der Waals surface area contributed by atoms with Gasteiger partial charge in [0.25, 0.3) is 0 Å². The maximum absolute atomic E-state index is 12.6. The number of nitrogens with zero attached hydrogens (tertiary/aromatic N) is 2. The number of rotatable bonds is 2. The molecule has 0 unspecified atom stereocenters. The van der Waals surface area contributed by atoms with Gasteiger partial charge in [-0.25, -0.2) is 0 Å². The van der Waals surface area contributed by atoms with Crippen LogP contribution in [0.15, 0.2) is 28.7 Å². The van der Waals surface area contributed by atoms with Crippen LogP contribution in [0.2, 0.25) is 0 Å². The van der Waals surface area contributed by atoms with Gasteiger partial charge in [0, 0.05) is 23.9 Å². The van der Waals surface area contributed by atoms with Crippen LogP contribution in [0.5, 0.6) is 0 Å². The smallest absolute Gasteiger partial charge is 0.307 e. The third-order valence-corrected chi connectivity index (χ3v) is 4.43. The molecule has 0 aliphatic carbocycles. The minimum atomic E-state index is -1.61. The van der Waals surface area contributed by atoms with E-state index < -0.39 is 17.0 Å². The number of carbonyl (C=O) groups is 1. The molecule has 0 aromatic heterocycles. The maximum Gasteiger partial charge on any atom is 0.307 e. The Morgan fingerprint density at radius 3 is 2.20 bits per heavy atom. The molecule has 1 aliphatic heterocycles. The fourth-order valence-corrected chi connectivity index (χ4v) is 2.83. The summed E-state index contributed by atoms with van der Waals surface area (Å²) in [6.45, 7) is 6.15. The number of hydrogen-bond donors (Lipinski definition) is 1. The first-order valence-corrected chi connectivity index (χ1v) is 7.03. The van der Waals surface area contributed by atoms with E-state index in [1.54, 1.807) is 26.0 Å². The summed E-state index contributed by atoms with van der Waals surface area (Å²) in [7, 11) is 0. The third kappa shape index (κ3) is 1.90. The van der Waals surface area contributed by atoms with Crippen molar-refractivity contribution in [3.8, 4) is 0 Å². The molecule has 1 heterocycles. The second kappa shape index (κ2) is 4.65. The van der Waals surface area contributed by atoms with E-state index in [1.807, 2.05) is 12.1 Å². The van der Waals surface area contributed by atoms with E-state index in [0.717, 1.165) is 9.54 Å². The highest BCUT2D eigenvalue weighted by atomic mass is 79.9. The van der Waals surface area contributed by atoms with Crippen LogP contribution in [-0.2, 0) is 4.79 Å². The number of hydrogen-bond acceptors (Lipinski definition) is 4. The lowest BCUT2D eigenvalue weighted by molar-refractivity contribution is -0.565. The zero-order chi connectivity index (χ0) is 15.3. The topological polar surface area (TPSA) is 66.6 Å². The molecule has 2 rings (SSSR count). The van der Waals surface area contributed by atoms with Crippen molar-refractivity contribution < 1.29 is 14.7 Å². The lowest BCUT2D eigenvalue weighted by atomic mass is 9.92. The predicted octanol–water partition coefficient (Wildman–Crippen LogP) is 2.54. The quantitative estimate of drug-likeness (QED) is 0.663. The molecule has 0 fully saturated rings. The lowest BCUT2D eigenvalue weighted by Crippen LogP contribution is -2.57. The van der Waals surface area contributed by atoms with Crippen molar-refractivity contribution in [1.82, 2.24) is 5.06 Å². The summed E-state index contributed by atoms with van der Waals surface area (Å²) in [5.41, 5.74) is -1.52. The van der Waals surface area contributed by atoms with Gasteiger partial charge in [-0.2, -0.15) is 4.74 Å². The van der Waals surface area contributed by atoms with Crippen LogP contribution in [-0.4, -0.2) is 37.7 Å². The van der Waals surface area contributed by atoms with E-state index >= 15 is 0 Å². The minimum Gasteiger partial charge on any atom is -0.622 e. The molecule has 0 spiro atoms. The highest BCUT2D eigenvalue weighted by Crippen LogP contribution is 2.35. The summed E-state index contributed by atoms with van der Waals surface area (Å²) < 4.78 is 1.50. The SMILES string of the molecule is CC(=O)[C@@]1(C)N(O)C(C)(C)C(c2ccc(Br)cc2)=[N+]1[O-]. The highest BCUT2D eigenvalue weighted by Gasteiger charge is 2.62. The number of halogens is 1. The van der Waals surface area contributed by atoms with Gasteiger partial charge in [-0.05, 0) is 38.1 Å². The van der Waals surface area contributed by atoms with Gasteiger partial charge in [0.05, 0.1) is 0 Å². The average molecular weight is 341 g/mol. The highest BCUT2D eigenvalue weighted by molar-refractivity contribution is 9.10. The van der Waals surface area contributed by atoms with E-state index in [-0.39, 0.29) is 0 Å². The molecule has 1 aromatic carbocycles. The lowest BCUT2D eigenvalue weighted by Gasteiger charge is -2.30. The van der Waals surface area contributed by atoms with Crippen molar-refractivity contribution in [3.05, 3.63) is 39.5 Å². The zero-order valence-electron chi connectivity index (χ0n) is 11.8. The molecule has 20 heavy (non-hydrogen) atoms. The van der Waals surface area contributed by atoms with Gasteiger partial charge >= 0.3 is 5.66 Å². The molecule has 1 N–H and O–H groups in total. The van der Waals surface area contributed by atoms with Gasteiger partial charge in [-0.3, -0.25) is 4.79 Å². The van der Waals surface area contributed by atoms with Crippen molar-refractivity contribution >= 4 is 27.4 Å². The van der Waals surface area contributed by atoms with Gasteiger partial charge in [-0.15, -0.1) is 5.06 Å². The molecule has 1 atom stereocenters. The van der Waals surface area contributed by atoms with Crippen molar-refractivity contribution in [3.63, 3.8) is 0 Å². The first-order valence-electron chi connectivity index (χ1n) is 6.24. The molecular formula is C14H17BrN2O3. The molecule has 6 heteroatoms. The monoisotopic (exact) mass is 340 g/mol. The molecular weight excluding hydrogens is 324 g/mol. The van der Waals surface area contributed by atoms with Crippen LogP contribution >= 0.6 is 15.9 Å². The normalized spacial score (nSPS) is 26.1. The van der Waals surface area contributed by atoms with Crippen LogP contribution < -0.4 is 0 Å². The van der Waals surface area contributed by atoms with Gasteiger partial charge in [0.15, 0.2) is 0 Å². The van der Waals surface area contributed by atoms with E-state index in [9.17, 15) is 15.2 Å². The zero-order valence-corrected chi connectivity index (χ0v) is 13.4. The van der Waals surface area contributed by atoms with E-state index in [0.29, 0.717) is 16.0 Å². The van der Waals surface area contributed by atoms with E-state index in [2.05, 4.69) is 15.9 Å². The standard InChI is InChI=1S/C14H17BrN2O3/c1-9(18)14(4)16(19)12(13(2,3)17(14)20)10-5-7-11(15)8-6-10/h5-8,20H,1-4H3/t14-/m1/s1. The van der Waals surface area contributed by atoms with Crippen LogP contribution in [0.3, 0.4) is 0 Å². The van der Waals surface area contributed by atoms with Crippen LogP contribution in [0, 0.1) is 5.21 Å². The van der Waals surface area contributed by atoms with Crippen LogP contribution in [0.4, 0.5) is 0 Å². The van der Waals surface area contributed by atoms with E-state index in [4.69, 9.17) is 0 Å². The Hall–Kier alpha value is -1.24. The average Bonchev–Trinajstić information content (AvgIpc) is 2.51. The molecule has 0 radical (unpaired) electrons. The third-order valence-electron chi connectivity index (χ3n) is 3.90. The van der Waals surface area contributed by atoms with Gasteiger partial charge < -0.3 is 10.4 Å². The Labute approximate surface area is 126 Å². The molecule has 1 aliphatic rings. The van der Waals surface area contributed by atoms with Gasteiger partial charge in [0.1, 0.15) is 5.54 Å². The molecule has 1 aromatic rings. The largest absolute Gasteiger partial charge is 0.622 e. The first-order chi connectivity index (χ1) is 9.13. The number of carbonyl (C=O) groups excluding carboxylic acids is 1. The summed E-state index contributed by atoms with van der Waals surface area (Å²) in [6.07, 6.45) is 0. The Morgan fingerprint density at radius 2 is 1.80 bits per heavy atom. The summed E-state index contributed by atoms with van der Waals surface area (Å²) in [4.78, 5) is 11.8. The second-order valence-corrected chi connectivity index (χ2v) is 6.51. The van der Waals surface area contributed by atoms with Crippen molar-refractivity contribution in [2.24, 2.45) is 0 Å². The fourth-order valence-electron chi connectivity index (χ4n) is 2.57. The van der Waals surface area contributed by atoms with Crippen molar-refractivity contribution in [2.45, 2.75) is 38.9 Å². The molecule has 0 bridgehead atoms. The fraction of sp³-hybridized carbons (Fsp3) is 0.429. The summed E-state index contributed by atoms with van der Waals surface area (Å²) >= 11 is 3.34. The maximum atomic E-state index is 12.6. The summed E-state index contributed by atoms with van der Waals surface area (Å²) in [5.74, 6) is -0.407. The first kappa shape index (κ1) is 15.2. The predicted molar refractivity (Wildman–Crippen MR) is 78.7 cm³/mol. The molecule has 0 saturated heterocycles. The van der Waals surface area contributed by atoms with Gasteiger partial charge in [-0.1, -0.05) is 15.9 Å². The second-order valence-electron chi connectivity index (χ2n) is 5.60. The Balaban J connectivity index is 2.68. The molecule has 108 valence electrons. The minimum absolute atomic E-state index is 0.366. The Bertz CT molecular complexity index is 595. The van der Waals surface area contributed by atoms with Gasteiger partial charge in [0.2, 0.25) is 11.5 Å². The number of hydroxylamine groups is 3. The van der Waals surface area contributed by atoms with Crippen molar-refractivity contribution in [1.29, 1.82) is 0 Å². The van der Waals surface area contributed by atoms with Crippen molar-refractivity contribution in [2.75, 3.05) is 0 Å². The molecule has 5 nitrogen and oxygen atoms in total. The van der Waals surface area contributed by atoms with Crippen LogP contribution in [0.1, 0.15) is 33.3 Å². The summed E-state index contributed by atoms with van der Waals surface area (Å²) in [6, 6.07) is 7.20. The van der Waals surface area contributed by atoms with E-state index in [1.165, 1.54) is 13.8 Å².